The predicted octanol–water partition coefficient (Wildman–Crippen LogP) is 0.297. The lowest BCUT2D eigenvalue weighted by Crippen LogP contribution is -2.43. The fourth-order valence-corrected chi connectivity index (χ4v) is 3.46. The summed E-state index contributed by atoms with van der Waals surface area (Å²) in [6.07, 6.45) is 2.62. The topological polar surface area (TPSA) is 149 Å². The molecule has 5 heterocycles. The zero-order chi connectivity index (χ0) is 31.1. The third-order valence-electron chi connectivity index (χ3n) is 5.80. The monoisotopic (exact) mass is 596 g/mol. The van der Waals surface area contributed by atoms with Gasteiger partial charge in [0.1, 0.15) is 13.2 Å². The van der Waals surface area contributed by atoms with Gasteiger partial charge >= 0.3 is 12.3 Å². The molecule has 41 heavy (non-hydrogen) atoms. The smallest absolute Gasteiger partial charge is 0.407 e. The normalized spacial score (nSPS) is 18.7. The van der Waals surface area contributed by atoms with Gasteiger partial charge in [-0.2, -0.15) is 13.2 Å². The highest BCUT2D eigenvalue weighted by Gasteiger charge is 2.26. The quantitative estimate of drug-likeness (QED) is 0.419. The zero-order valence-corrected chi connectivity index (χ0v) is 23.7. The van der Waals surface area contributed by atoms with Gasteiger partial charge in [0.2, 0.25) is 32.1 Å². The van der Waals surface area contributed by atoms with Gasteiger partial charge in [0, 0.05) is 52.4 Å². The summed E-state index contributed by atoms with van der Waals surface area (Å²) >= 11 is 0. The molecule has 0 aromatic carbocycles. The van der Waals surface area contributed by atoms with Crippen molar-refractivity contribution in [1.82, 2.24) is 30.2 Å². The van der Waals surface area contributed by atoms with Crippen LogP contribution in [0.5, 0.6) is 0 Å². The second-order valence-corrected chi connectivity index (χ2v) is 9.85. The average molecular weight is 597 g/mol. The number of alkyl halides is 3. The molecule has 0 spiro atoms. The molecule has 0 unspecified atom stereocenters. The number of alkyl carbamates (subject to hydrolysis) is 1. The zero-order valence-electron chi connectivity index (χ0n) is 23.7. The van der Waals surface area contributed by atoms with E-state index in [9.17, 15) is 41.9 Å². The molecule has 0 aromatic heterocycles. The standard InChI is InChI=1S/3C5H9NO.C4H7NO.C3H4F3NO.C3H5NO2/c2*1-5-2-6(3-5)4-7;7-5-6-3-1-2-4-6;6-4-5-2-1-3-5;4-3(5,6)1-7-2-8;5-3-4-1-2-6-3/h2*4-5H,2-3H2,1H3;5H,1-4H2;4H,1-3H2;2H,1H2,(H,7,8);1-2H2,(H,4,5). The van der Waals surface area contributed by atoms with Crippen LogP contribution in [0, 0.1) is 11.8 Å². The molecule has 0 aliphatic carbocycles. The van der Waals surface area contributed by atoms with Crippen molar-refractivity contribution in [2.45, 2.75) is 39.3 Å². The number of rotatable bonds is 6. The average Bonchev–Trinajstić information content (AvgIpc) is 3.58. The van der Waals surface area contributed by atoms with Crippen LogP contribution in [0.15, 0.2) is 0 Å². The Labute approximate surface area is 238 Å². The molecule has 5 aliphatic heterocycles. The SMILES string of the molecule is CC1CN(C=O)C1.CC1CN(C=O)C1.O=C1NCCO1.O=CN1CCC1.O=CN1CCCC1.O=CNCC(F)(F)F. The number of amides is 6. The minimum absolute atomic E-state index is 0.00743. The molecule has 0 bridgehead atoms. The van der Waals surface area contributed by atoms with E-state index in [4.69, 9.17) is 0 Å². The van der Waals surface area contributed by atoms with Gasteiger partial charge in [-0.3, -0.25) is 24.0 Å². The minimum atomic E-state index is -4.29. The van der Waals surface area contributed by atoms with Crippen LogP contribution in [-0.2, 0) is 28.7 Å². The third kappa shape index (κ3) is 20.9. The van der Waals surface area contributed by atoms with Crippen molar-refractivity contribution in [2.24, 2.45) is 11.8 Å². The molecule has 13 nitrogen and oxygen atoms in total. The Kier molecular flexibility index (Phi) is 20.2. The van der Waals surface area contributed by atoms with Gasteiger partial charge in [0.15, 0.2) is 0 Å². The number of likely N-dealkylation sites (tertiary alicyclic amines) is 4. The first-order chi connectivity index (χ1) is 19.5. The van der Waals surface area contributed by atoms with Crippen LogP contribution in [0.4, 0.5) is 18.0 Å². The molecule has 0 atom stereocenters. The van der Waals surface area contributed by atoms with E-state index in [1.165, 1.54) is 24.6 Å². The largest absolute Gasteiger partial charge is 0.448 e. The van der Waals surface area contributed by atoms with E-state index in [2.05, 4.69) is 23.9 Å². The van der Waals surface area contributed by atoms with E-state index in [-0.39, 0.29) is 12.5 Å². The van der Waals surface area contributed by atoms with Crippen molar-refractivity contribution < 1.29 is 46.7 Å². The van der Waals surface area contributed by atoms with Crippen molar-refractivity contribution in [3.63, 3.8) is 0 Å². The maximum absolute atomic E-state index is 11.0. The Hall–Kier alpha value is -3.59. The summed E-state index contributed by atoms with van der Waals surface area (Å²) in [7, 11) is 0. The molecule has 5 fully saturated rings. The molecule has 5 saturated heterocycles. The van der Waals surface area contributed by atoms with Gasteiger partial charge in [0.25, 0.3) is 0 Å². The van der Waals surface area contributed by atoms with Crippen LogP contribution in [0.1, 0.15) is 33.1 Å². The molecule has 5 aliphatic rings. The summed E-state index contributed by atoms with van der Waals surface area (Å²) in [5, 5.41) is 3.94. The molecular weight excluding hydrogens is 553 g/mol. The second kappa shape index (κ2) is 22.1. The van der Waals surface area contributed by atoms with Crippen LogP contribution >= 0.6 is 0 Å². The molecule has 6 amide bonds. The van der Waals surface area contributed by atoms with E-state index in [0.717, 1.165) is 89.8 Å². The van der Waals surface area contributed by atoms with Gasteiger partial charge in [-0.05, 0) is 31.1 Å². The number of hydrogen-bond acceptors (Lipinski definition) is 7. The Morgan fingerprint density at radius 2 is 1.20 bits per heavy atom. The molecule has 236 valence electrons. The van der Waals surface area contributed by atoms with E-state index in [1.807, 2.05) is 0 Å². The van der Waals surface area contributed by atoms with Crippen LogP contribution < -0.4 is 10.6 Å². The van der Waals surface area contributed by atoms with Crippen LogP contribution in [-0.4, -0.2) is 136 Å². The highest BCUT2D eigenvalue weighted by Crippen LogP contribution is 2.12. The van der Waals surface area contributed by atoms with Gasteiger partial charge in [0.05, 0.1) is 6.54 Å². The number of halogens is 3. The summed E-state index contributed by atoms with van der Waals surface area (Å²) in [5.74, 6) is 1.48. The van der Waals surface area contributed by atoms with E-state index in [1.54, 1.807) is 19.6 Å². The highest BCUT2D eigenvalue weighted by molar-refractivity contribution is 5.68. The first-order valence-electron chi connectivity index (χ1n) is 13.4. The van der Waals surface area contributed by atoms with Crippen LogP contribution in [0.25, 0.3) is 0 Å². The molecule has 16 heteroatoms. The maximum atomic E-state index is 11.0. The summed E-state index contributed by atoms with van der Waals surface area (Å²) in [4.78, 5) is 65.6. The Morgan fingerprint density at radius 3 is 1.32 bits per heavy atom. The number of nitrogens with zero attached hydrogens (tertiary/aromatic N) is 4. The molecular formula is C25H43F3N6O7. The lowest BCUT2D eigenvalue weighted by molar-refractivity contribution is -0.132. The molecule has 2 N–H and O–H groups in total. The number of carbonyl (C=O) groups is 6. The fraction of sp³-hybridized carbons (Fsp3) is 0.760. The second-order valence-electron chi connectivity index (χ2n) is 9.85. The summed E-state index contributed by atoms with van der Waals surface area (Å²) in [6.45, 7) is 12.0. The Bertz CT molecular complexity index is 726. The first kappa shape index (κ1) is 37.4. The van der Waals surface area contributed by atoms with Gasteiger partial charge in [-0.1, -0.05) is 13.8 Å². The Morgan fingerprint density at radius 1 is 0.780 bits per heavy atom. The maximum Gasteiger partial charge on any atom is 0.407 e. The first-order valence-corrected chi connectivity index (χ1v) is 13.4. The molecule has 0 saturated carbocycles. The van der Waals surface area contributed by atoms with Crippen LogP contribution in [0.3, 0.4) is 0 Å². The summed E-state index contributed by atoms with van der Waals surface area (Å²) in [5.41, 5.74) is 0. The number of ether oxygens (including phenoxy) is 1. The molecule has 5 rings (SSSR count). The van der Waals surface area contributed by atoms with Crippen molar-refractivity contribution in [2.75, 3.05) is 72.1 Å². The minimum Gasteiger partial charge on any atom is -0.448 e. The number of carbonyl (C=O) groups excluding carboxylic acids is 6. The van der Waals surface area contributed by atoms with Gasteiger partial charge in [-0.15, -0.1) is 0 Å². The van der Waals surface area contributed by atoms with Gasteiger partial charge in [-0.25, -0.2) is 4.79 Å². The van der Waals surface area contributed by atoms with Crippen molar-refractivity contribution in [1.29, 1.82) is 0 Å². The highest BCUT2D eigenvalue weighted by atomic mass is 19.4. The van der Waals surface area contributed by atoms with Gasteiger partial charge < -0.3 is 35.0 Å². The summed E-state index contributed by atoms with van der Waals surface area (Å²) in [6, 6.07) is 0. The van der Waals surface area contributed by atoms with Crippen molar-refractivity contribution >= 4 is 38.1 Å². The fourth-order valence-electron chi connectivity index (χ4n) is 3.46. The van der Waals surface area contributed by atoms with Crippen LogP contribution in [0.2, 0.25) is 0 Å². The molecule has 0 aromatic rings. The van der Waals surface area contributed by atoms with E-state index < -0.39 is 12.7 Å². The van der Waals surface area contributed by atoms with E-state index >= 15 is 0 Å². The number of hydrogen-bond donors (Lipinski definition) is 2. The third-order valence-corrected chi connectivity index (χ3v) is 5.80. The van der Waals surface area contributed by atoms with Crippen molar-refractivity contribution in [3.05, 3.63) is 0 Å². The van der Waals surface area contributed by atoms with E-state index in [0.29, 0.717) is 13.2 Å². The molecule has 0 radical (unpaired) electrons. The predicted molar refractivity (Wildman–Crippen MR) is 142 cm³/mol. The number of cyclic esters (lactones) is 1. The Balaban J connectivity index is 0.000000469. The summed E-state index contributed by atoms with van der Waals surface area (Å²) < 4.78 is 37.5. The number of nitrogens with one attached hydrogen (secondary N) is 2. The van der Waals surface area contributed by atoms with Crippen molar-refractivity contribution in [3.8, 4) is 0 Å². The lowest BCUT2D eigenvalue weighted by atomic mass is 10.1. The lowest BCUT2D eigenvalue weighted by Gasteiger charge is -2.33.